The first-order valence-electron chi connectivity index (χ1n) is 3.34. The molecule has 3 nitrogen and oxygen atoms in total. The number of hydrogen-bond donors (Lipinski definition) is 2. The van der Waals surface area contributed by atoms with Crippen LogP contribution in [0.15, 0.2) is 18.2 Å². The predicted octanol–water partition coefficient (Wildman–Crippen LogP) is 1.71. The number of nitrogens with two attached hydrogens (primary N) is 1. The van der Waals surface area contributed by atoms with Crippen molar-refractivity contribution in [2.24, 2.45) is 5.84 Å². The molecule has 0 aliphatic rings. The van der Waals surface area contributed by atoms with Gasteiger partial charge in [0.15, 0.2) is 0 Å². The van der Waals surface area contributed by atoms with Crippen LogP contribution in [0.4, 0.5) is 18.9 Å². The van der Waals surface area contributed by atoms with Gasteiger partial charge in [-0.05, 0) is 6.07 Å². The van der Waals surface area contributed by atoms with Crippen LogP contribution >= 0.6 is 0 Å². The Labute approximate surface area is 72.3 Å². The average molecular weight is 192 g/mol. The topological polar surface area (TPSA) is 47.3 Å². The molecule has 0 aliphatic heterocycles. The summed E-state index contributed by atoms with van der Waals surface area (Å²) in [5.74, 6) is 3.98. The van der Waals surface area contributed by atoms with Crippen LogP contribution in [-0.4, -0.2) is 6.61 Å². The SMILES string of the molecule is NNc1cc(F)cc(OC(F)F)c1. The first kappa shape index (κ1) is 9.66. The highest BCUT2D eigenvalue weighted by molar-refractivity contribution is 5.47. The van der Waals surface area contributed by atoms with Crippen molar-refractivity contribution < 1.29 is 17.9 Å². The Kier molecular flexibility index (Phi) is 2.97. The van der Waals surface area contributed by atoms with E-state index in [1.807, 2.05) is 0 Å². The highest BCUT2D eigenvalue weighted by atomic mass is 19.3. The van der Waals surface area contributed by atoms with E-state index in [1.54, 1.807) is 0 Å². The molecule has 0 radical (unpaired) electrons. The number of hydrogen-bond acceptors (Lipinski definition) is 3. The maximum atomic E-state index is 12.6. The number of benzene rings is 1. The molecule has 1 aromatic rings. The van der Waals surface area contributed by atoms with Gasteiger partial charge in [0, 0.05) is 12.1 Å². The van der Waals surface area contributed by atoms with Gasteiger partial charge in [0.2, 0.25) is 0 Å². The molecule has 0 unspecified atom stereocenters. The molecule has 0 amide bonds. The van der Waals surface area contributed by atoms with Crippen LogP contribution in [-0.2, 0) is 0 Å². The van der Waals surface area contributed by atoms with Gasteiger partial charge in [-0.1, -0.05) is 0 Å². The zero-order chi connectivity index (χ0) is 9.84. The summed E-state index contributed by atoms with van der Waals surface area (Å²) >= 11 is 0. The molecule has 1 aromatic carbocycles. The molecule has 3 N–H and O–H groups in total. The lowest BCUT2D eigenvalue weighted by Crippen LogP contribution is -2.08. The molecule has 0 spiro atoms. The monoisotopic (exact) mass is 192 g/mol. The smallest absolute Gasteiger partial charge is 0.387 e. The summed E-state index contributed by atoms with van der Waals surface area (Å²) < 4.78 is 40.0. The average Bonchev–Trinajstić information content (AvgIpc) is 2.01. The van der Waals surface area contributed by atoms with Crippen LogP contribution in [0.1, 0.15) is 0 Å². The fourth-order valence-electron chi connectivity index (χ4n) is 0.817. The lowest BCUT2D eigenvalue weighted by atomic mass is 10.3. The van der Waals surface area contributed by atoms with Crippen molar-refractivity contribution in [3.05, 3.63) is 24.0 Å². The van der Waals surface area contributed by atoms with Crippen LogP contribution in [0, 0.1) is 5.82 Å². The summed E-state index contributed by atoms with van der Waals surface area (Å²) in [6.07, 6.45) is 0. The molecule has 0 fully saturated rings. The minimum absolute atomic E-state index is 0.163. The van der Waals surface area contributed by atoms with Crippen molar-refractivity contribution >= 4 is 5.69 Å². The number of hydrazine groups is 1. The molecule has 0 aliphatic carbocycles. The van der Waals surface area contributed by atoms with Gasteiger partial charge in [-0.15, -0.1) is 0 Å². The molecule has 0 atom stereocenters. The van der Waals surface area contributed by atoms with Crippen molar-refractivity contribution in [1.82, 2.24) is 0 Å². The van der Waals surface area contributed by atoms with Gasteiger partial charge >= 0.3 is 6.61 Å². The van der Waals surface area contributed by atoms with E-state index in [1.165, 1.54) is 0 Å². The Morgan fingerprint density at radius 2 is 2.00 bits per heavy atom. The van der Waals surface area contributed by atoms with E-state index in [0.717, 1.165) is 18.2 Å². The van der Waals surface area contributed by atoms with Crippen molar-refractivity contribution in [2.45, 2.75) is 6.61 Å². The highest BCUT2D eigenvalue weighted by Gasteiger charge is 2.06. The van der Waals surface area contributed by atoms with Gasteiger partial charge in [0.25, 0.3) is 0 Å². The van der Waals surface area contributed by atoms with Gasteiger partial charge in [-0.3, -0.25) is 5.84 Å². The van der Waals surface area contributed by atoms with Crippen LogP contribution in [0.2, 0.25) is 0 Å². The lowest BCUT2D eigenvalue weighted by molar-refractivity contribution is -0.0499. The van der Waals surface area contributed by atoms with Crippen LogP contribution in [0.3, 0.4) is 0 Å². The second kappa shape index (κ2) is 3.99. The van der Waals surface area contributed by atoms with Gasteiger partial charge in [-0.25, -0.2) is 4.39 Å². The van der Waals surface area contributed by atoms with Crippen molar-refractivity contribution in [3.63, 3.8) is 0 Å². The van der Waals surface area contributed by atoms with E-state index in [-0.39, 0.29) is 11.4 Å². The van der Waals surface area contributed by atoms with E-state index in [4.69, 9.17) is 5.84 Å². The largest absolute Gasteiger partial charge is 0.435 e. The molecular weight excluding hydrogens is 185 g/mol. The van der Waals surface area contributed by atoms with E-state index in [0.29, 0.717) is 0 Å². The molecule has 0 saturated heterocycles. The van der Waals surface area contributed by atoms with E-state index in [2.05, 4.69) is 10.2 Å². The maximum absolute atomic E-state index is 12.6. The minimum atomic E-state index is -2.98. The normalized spacial score (nSPS) is 10.2. The van der Waals surface area contributed by atoms with Crippen LogP contribution in [0.25, 0.3) is 0 Å². The summed E-state index contributed by atoms with van der Waals surface area (Å²) in [7, 11) is 0. The van der Waals surface area contributed by atoms with Gasteiger partial charge in [0.05, 0.1) is 5.69 Å². The lowest BCUT2D eigenvalue weighted by Gasteiger charge is -2.06. The molecule has 0 heterocycles. The quantitative estimate of drug-likeness (QED) is 0.566. The first-order valence-corrected chi connectivity index (χ1v) is 3.34. The predicted molar refractivity (Wildman–Crippen MR) is 40.8 cm³/mol. The number of nitrogens with one attached hydrogen (secondary N) is 1. The zero-order valence-corrected chi connectivity index (χ0v) is 6.43. The van der Waals surface area contributed by atoms with E-state index in [9.17, 15) is 13.2 Å². The zero-order valence-electron chi connectivity index (χ0n) is 6.43. The molecule has 72 valence electrons. The Bertz CT molecular complexity index is 293. The Morgan fingerprint density at radius 1 is 1.31 bits per heavy atom. The maximum Gasteiger partial charge on any atom is 0.387 e. The summed E-state index contributed by atoms with van der Waals surface area (Å²) in [4.78, 5) is 0. The van der Waals surface area contributed by atoms with Crippen LogP contribution in [0.5, 0.6) is 5.75 Å². The molecule has 1 rings (SSSR count). The Balaban J connectivity index is 2.88. The van der Waals surface area contributed by atoms with Gasteiger partial charge in [0.1, 0.15) is 11.6 Å². The fraction of sp³-hybridized carbons (Fsp3) is 0.143. The molecule has 0 aromatic heterocycles. The number of rotatable bonds is 3. The third kappa shape index (κ3) is 2.83. The molecule has 13 heavy (non-hydrogen) atoms. The number of alkyl halides is 2. The van der Waals surface area contributed by atoms with Gasteiger partial charge < -0.3 is 10.2 Å². The summed E-state index contributed by atoms with van der Waals surface area (Å²) in [6.45, 7) is -2.98. The van der Waals surface area contributed by atoms with Crippen molar-refractivity contribution in [1.29, 1.82) is 0 Å². The molecular formula is C7H7F3N2O. The first-order chi connectivity index (χ1) is 6.11. The molecule has 0 saturated carbocycles. The van der Waals surface area contributed by atoms with Crippen LogP contribution < -0.4 is 16.0 Å². The second-order valence-electron chi connectivity index (χ2n) is 2.20. The second-order valence-corrected chi connectivity index (χ2v) is 2.20. The highest BCUT2D eigenvalue weighted by Crippen LogP contribution is 2.20. The van der Waals surface area contributed by atoms with E-state index < -0.39 is 12.4 Å². The molecule has 6 heteroatoms. The number of anilines is 1. The van der Waals surface area contributed by atoms with Gasteiger partial charge in [-0.2, -0.15) is 8.78 Å². The third-order valence-corrected chi connectivity index (χ3v) is 1.26. The van der Waals surface area contributed by atoms with E-state index >= 15 is 0 Å². The Hall–Kier alpha value is -1.43. The Morgan fingerprint density at radius 3 is 2.54 bits per heavy atom. The number of halogens is 3. The number of ether oxygens (including phenoxy) is 1. The van der Waals surface area contributed by atoms with Crippen molar-refractivity contribution in [3.8, 4) is 5.75 Å². The number of nitrogen functional groups attached to an aromatic ring is 1. The van der Waals surface area contributed by atoms with Crippen molar-refractivity contribution in [2.75, 3.05) is 5.43 Å². The summed E-state index contributed by atoms with van der Waals surface area (Å²) in [6, 6.07) is 3.06. The third-order valence-electron chi connectivity index (χ3n) is 1.26. The fourth-order valence-corrected chi connectivity index (χ4v) is 0.817. The summed E-state index contributed by atoms with van der Waals surface area (Å²) in [5, 5.41) is 0. The molecule has 0 bridgehead atoms. The summed E-state index contributed by atoms with van der Waals surface area (Å²) in [5.41, 5.74) is 2.28. The standard InChI is InChI=1S/C7H7F3N2O/c8-4-1-5(12-11)3-6(2-4)13-7(9)10/h1-3,7,12H,11H2. The minimum Gasteiger partial charge on any atom is -0.435 e.